The lowest BCUT2D eigenvalue weighted by molar-refractivity contribution is -0.127. The summed E-state index contributed by atoms with van der Waals surface area (Å²) in [7, 11) is 0. The maximum Gasteiger partial charge on any atom is 0.141 e. The molecule has 1 aliphatic heterocycles. The van der Waals surface area contributed by atoms with Gasteiger partial charge in [-0.2, -0.15) is 0 Å². The number of hydrogen-bond acceptors (Lipinski definition) is 3. The molecule has 2 aliphatic rings. The Kier molecular flexibility index (Phi) is 2.65. The normalized spacial score (nSPS) is 34.1. The van der Waals surface area contributed by atoms with Crippen molar-refractivity contribution in [2.24, 2.45) is 17.6 Å². The Hall–Kier alpha value is -0.410. The molecular weight excluding hydrogens is 164 g/mol. The highest BCUT2D eigenvalue weighted by atomic mass is 16.1. The summed E-state index contributed by atoms with van der Waals surface area (Å²) in [5, 5.41) is 0. The van der Waals surface area contributed by atoms with E-state index in [4.69, 9.17) is 5.73 Å². The highest BCUT2D eigenvalue weighted by Gasteiger charge is 2.39. The van der Waals surface area contributed by atoms with Gasteiger partial charge in [-0.05, 0) is 32.4 Å². The highest BCUT2D eigenvalue weighted by Crippen LogP contribution is 2.33. The quantitative estimate of drug-likeness (QED) is 0.680. The van der Waals surface area contributed by atoms with Gasteiger partial charge in [0.15, 0.2) is 0 Å². The minimum atomic E-state index is 0.358. The van der Waals surface area contributed by atoms with Gasteiger partial charge in [0, 0.05) is 24.9 Å². The third-order valence-corrected chi connectivity index (χ3v) is 3.30. The Morgan fingerprint density at radius 1 is 1.31 bits per heavy atom. The summed E-state index contributed by atoms with van der Waals surface area (Å²) in [5.41, 5.74) is 5.46. The summed E-state index contributed by atoms with van der Waals surface area (Å²) in [6.07, 6.45) is 3.32. The van der Waals surface area contributed by atoms with E-state index in [1.165, 1.54) is 0 Å². The van der Waals surface area contributed by atoms with Crippen molar-refractivity contribution in [1.29, 1.82) is 0 Å². The van der Waals surface area contributed by atoms with Crippen LogP contribution < -0.4 is 5.73 Å². The molecule has 3 nitrogen and oxygen atoms in total. The molecule has 0 aromatic carbocycles. The Balaban J connectivity index is 1.88. The zero-order valence-electron chi connectivity index (χ0n) is 8.04. The molecule has 3 heteroatoms. The maximum atomic E-state index is 11.6. The van der Waals surface area contributed by atoms with Gasteiger partial charge in [0.05, 0.1) is 0 Å². The fourth-order valence-corrected chi connectivity index (χ4v) is 2.58. The molecule has 0 aromatic rings. The molecule has 2 rings (SSSR count). The lowest BCUT2D eigenvalue weighted by Crippen LogP contribution is -2.42. The molecule has 1 aliphatic carbocycles. The summed E-state index contributed by atoms with van der Waals surface area (Å²) in [5.74, 6) is 1.25. The average molecular weight is 182 g/mol. The number of likely N-dealkylation sites (tertiary alicyclic amines) is 1. The van der Waals surface area contributed by atoms with Crippen molar-refractivity contribution in [3.05, 3.63) is 0 Å². The summed E-state index contributed by atoms with van der Waals surface area (Å²) in [4.78, 5) is 14.0. The number of carbonyl (C=O) groups is 1. The molecule has 2 fully saturated rings. The van der Waals surface area contributed by atoms with Crippen LogP contribution in [-0.2, 0) is 4.79 Å². The van der Waals surface area contributed by atoms with Gasteiger partial charge in [0.2, 0.25) is 0 Å². The molecule has 1 saturated heterocycles. The summed E-state index contributed by atoms with van der Waals surface area (Å²) >= 11 is 0. The standard InChI is InChI=1S/C10H18N2O/c11-4-1-5-12-6-8-2-3-9(7-12)10(8)13/h8-9H,1-7,11H2. The molecule has 0 amide bonds. The van der Waals surface area contributed by atoms with Gasteiger partial charge >= 0.3 is 0 Å². The molecule has 2 bridgehead atoms. The second-order valence-corrected chi connectivity index (χ2v) is 4.28. The number of Topliss-reactive ketones (excluding diaryl/α,β-unsaturated/α-hetero) is 1. The monoisotopic (exact) mass is 182 g/mol. The first-order valence-electron chi connectivity index (χ1n) is 5.27. The fourth-order valence-electron chi connectivity index (χ4n) is 2.58. The molecule has 1 heterocycles. The van der Waals surface area contributed by atoms with Crippen molar-refractivity contribution in [2.75, 3.05) is 26.2 Å². The maximum absolute atomic E-state index is 11.6. The molecule has 2 atom stereocenters. The highest BCUT2D eigenvalue weighted by molar-refractivity contribution is 5.86. The van der Waals surface area contributed by atoms with Gasteiger partial charge in [-0.3, -0.25) is 4.79 Å². The summed E-state index contributed by atoms with van der Waals surface area (Å²) in [6, 6.07) is 0. The number of fused-ring (bicyclic) bond motifs is 2. The number of nitrogens with two attached hydrogens (primary N) is 1. The van der Waals surface area contributed by atoms with Crippen LogP contribution in [0, 0.1) is 11.8 Å². The molecule has 1 saturated carbocycles. The molecule has 0 spiro atoms. The van der Waals surface area contributed by atoms with E-state index in [0.29, 0.717) is 17.6 Å². The van der Waals surface area contributed by atoms with Crippen molar-refractivity contribution in [1.82, 2.24) is 4.90 Å². The molecular formula is C10H18N2O. The van der Waals surface area contributed by atoms with Crippen LogP contribution in [0.15, 0.2) is 0 Å². The van der Waals surface area contributed by atoms with E-state index >= 15 is 0 Å². The van der Waals surface area contributed by atoms with E-state index in [0.717, 1.165) is 45.4 Å². The van der Waals surface area contributed by atoms with Gasteiger partial charge in [-0.1, -0.05) is 0 Å². The smallest absolute Gasteiger partial charge is 0.141 e. The van der Waals surface area contributed by atoms with E-state index in [1.54, 1.807) is 0 Å². The molecule has 2 N–H and O–H groups in total. The molecule has 0 aromatic heterocycles. The van der Waals surface area contributed by atoms with Crippen LogP contribution in [0.3, 0.4) is 0 Å². The first-order valence-corrected chi connectivity index (χ1v) is 5.27. The average Bonchev–Trinajstić information content (AvgIpc) is 2.41. The Morgan fingerprint density at radius 2 is 1.92 bits per heavy atom. The van der Waals surface area contributed by atoms with E-state index in [2.05, 4.69) is 4.90 Å². The SMILES string of the molecule is NCCCN1CC2CCC(C1)C2=O. The fraction of sp³-hybridized carbons (Fsp3) is 0.900. The molecule has 0 radical (unpaired) electrons. The summed E-state index contributed by atoms with van der Waals surface area (Å²) < 4.78 is 0. The van der Waals surface area contributed by atoms with Crippen LogP contribution in [0.1, 0.15) is 19.3 Å². The Morgan fingerprint density at radius 3 is 2.46 bits per heavy atom. The van der Waals surface area contributed by atoms with Crippen molar-refractivity contribution in [3.63, 3.8) is 0 Å². The lowest BCUT2D eigenvalue weighted by atomic mass is 9.97. The van der Waals surface area contributed by atoms with Crippen molar-refractivity contribution in [2.45, 2.75) is 19.3 Å². The van der Waals surface area contributed by atoms with Crippen LogP contribution in [0.5, 0.6) is 0 Å². The van der Waals surface area contributed by atoms with E-state index in [-0.39, 0.29) is 0 Å². The largest absolute Gasteiger partial charge is 0.330 e. The van der Waals surface area contributed by atoms with Crippen molar-refractivity contribution < 1.29 is 4.79 Å². The van der Waals surface area contributed by atoms with Gasteiger partial charge in [-0.25, -0.2) is 0 Å². The van der Waals surface area contributed by atoms with Crippen LogP contribution >= 0.6 is 0 Å². The first-order chi connectivity index (χ1) is 6.31. The predicted molar refractivity (Wildman–Crippen MR) is 51.3 cm³/mol. The van der Waals surface area contributed by atoms with E-state index < -0.39 is 0 Å². The van der Waals surface area contributed by atoms with Crippen molar-refractivity contribution >= 4 is 5.78 Å². The van der Waals surface area contributed by atoms with Crippen LogP contribution in [0.2, 0.25) is 0 Å². The van der Waals surface area contributed by atoms with E-state index in [9.17, 15) is 4.79 Å². The van der Waals surface area contributed by atoms with Crippen LogP contribution in [0.4, 0.5) is 0 Å². The Labute approximate surface area is 79.3 Å². The zero-order chi connectivity index (χ0) is 9.26. The molecule has 2 unspecified atom stereocenters. The second-order valence-electron chi connectivity index (χ2n) is 4.28. The molecule has 13 heavy (non-hydrogen) atoms. The minimum Gasteiger partial charge on any atom is -0.330 e. The van der Waals surface area contributed by atoms with Crippen molar-refractivity contribution in [3.8, 4) is 0 Å². The number of hydrogen-bond donors (Lipinski definition) is 1. The number of rotatable bonds is 3. The minimum absolute atomic E-state index is 0.358. The third kappa shape index (κ3) is 1.76. The molecule has 74 valence electrons. The number of piperidine rings is 1. The zero-order valence-corrected chi connectivity index (χ0v) is 8.04. The number of carbonyl (C=O) groups excluding carboxylic acids is 1. The lowest BCUT2D eigenvalue weighted by Gasteiger charge is -2.30. The second kappa shape index (κ2) is 3.76. The Bertz CT molecular complexity index is 189. The van der Waals surface area contributed by atoms with Crippen LogP contribution in [-0.4, -0.2) is 36.9 Å². The van der Waals surface area contributed by atoms with Gasteiger partial charge in [-0.15, -0.1) is 0 Å². The van der Waals surface area contributed by atoms with Gasteiger partial charge in [0.25, 0.3) is 0 Å². The van der Waals surface area contributed by atoms with Gasteiger partial charge in [0.1, 0.15) is 5.78 Å². The number of nitrogens with zero attached hydrogens (tertiary/aromatic N) is 1. The van der Waals surface area contributed by atoms with E-state index in [1.807, 2.05) is 0 Å². The summed E-state index contributed by atoms with van der Waals surface area (Å²) in [6.45, 7) is 3.83. The van der Waals surface area contributed by atoms with Crippen LogP contribution in [0.25, 0.3) is 0 Å². The van der Waals surface area contributed by atoms with Gasteiger partial charge < -0.3 is 10.6 Å². The third-order valence-electron chi connectivity index (χ3n) is 3.30. The number of ketones is 1. The predicted octanol–water partition coefficient (Wildman–Crippen LogP) is 0.246. The first kappa shape index (κ1) is 9.16. The topological polar surface area (TPSA) is 46.3 Å².